The predicted octanol–water partition coefficient (Wildman–Crippen LogP) is 7.06. The van der Waals surface area contributed by atoms with Crippen LogP contribution in [0.4, 0.5) is 0 Å². The number of aliphatic hydroxyl groups is 4. The van der Waals surface area contributed by atoms with Crippen LogP contribution in [-0.4, -0.2) is 69.1 Å². The molecule has 246 valence electrons. The number of carbonyl (C=O) groups excluding carboxylic acids is 1. The van der Waals surface area contributed by atoms with Crippen LogP contribution in [0.5, 0.6) is 0 Å². The Morgan fingerprint density at radius 1 is 0.738 bits per heavy atom. The van der Waals surface area contributed by atoms with Crippen molar-refractivity contribution in [3.05, 3.63) is 11.6 Å². The largest absolute Gasteiger partial charge is 0.455 e. The lowest BCUT2D eigenvalue weighted by molar-refractivity contribution is -0.139. The molecule has 2 unspecified atom stereocenters. The van der Waals surface area contributed by atoms with Gasteiger partial charge in [0, 0.05) is 12.0 Å². The maximum absolute atomic E-state index is 11.7. The summed E-state index contributed by atoms with van der Waals surface area (Å²) in [7, 11) is 0. The zero-order chi connectivity index (χ0) is 30.6. The monoisotopic (exact) mass is 596 g/mol. The van der Waals surface area contributed by atoms with Crippen molar-refractivity contribution in [1.29, 1.82) is 0 Å². The third-order valence-corrected chi connectivity index (χ3v) is 9.14. The fourth-order valence-electron chi connectivity index (χ4n) is 6.40. The average Bonchev–Trinajstić information content (AvgIpc) is 3.57. The molecule has 2 aliphatic rings. The van der Waals surface area contributed by atoms with Crippen LogP contribution in [-0.2, 0) is 14.3 Å². The Labute approximate surface area is 256 Å². The van der Waals surface area contributed by atoms with Crippen LogP contribution < -0.4 is 0 Å². The highest BCUT2D eigenvalue weighted by atomic mass is 16.5. The summed E-state index contributed by atoms with van der Waals surface area (Å²) in [6, 6.07) is 0. The number of aliphatic hydroxyl groups excluding tert-OH is 4. The van der Waals surface area contributed by atoms with E-state index in [1.54, 1.807) is 6.08 Å². The summed E-state index contributed by atoms with van der Waals surface area (Å²) in [4.78, 5) is 11.7. The number of cyclic esters (lactones) is 1. The fourth-order valence-corrected chi connectivity index (χ4v) is 6.40. The third kappa shape index (κ3) is 16.2. The van der Waals surface area contributed by atoms with Crippen molar-refractivity contribution in [3.63, 3.8) is 0 Å². The molecule has 0 bridgehead atoms. The molecule has 7 nitrogen and oxygen atoms in total. The lowest BCUT2D eigenvalue weighted by Gasteiger charge is -2.22. The first kappa shape index (κ1) is 37.2. The van der Waals surface area contributed by atoms with Gasteiger partial charge in [0.05, 0.1) is 36.6 Å². The van der Waals surface area contributed by atoms with Crippen molar-refractivity contribution >= 4 is 5.97 Å². The number of hydrogen-bond donors (Lipinski definition) is 4. The first-order chi connectivity index (χ1) is 20.3. The Morgan fingerprint density at radius 3 is 1.93 bits per heavy atom. The van der Waals surface area contributed by atoms with Crippen molar-refractivity contribution in [1.82, 2.24) is 0 Å². The average molecular weight is 597 g/mol. The van der Waals surface area contributed by atoms with E-state index in [9.17, 15) is 25.2 Å². The van der Waals surface area contributed by atoms with Crippen LogP contribution in [0, 0.1) is 0 Å². The second-order valence-electron chi connectivity index (χ2n) is 13.1. The fraction of sp³-hybridized carbons (Fsp3) is 0.914. The molecule has 1 fully saturated rings. The molecule has 0 aromatic rings. The molecule has 0 aliphatic carbocycles. The molecule has 0 spiro atoms. The molecule has 0 amide bonds. The number of esters is 1. The van der Waals surface area contributed by atoms with Crippen molar-refractivity contribution in [3.8, 4) is 0 Å². The predicted molar refractivity (Wildman–Crippen MR) is 168 cm³/mol. The first-order valence-corrected chi connectivity index (χ1v) is 17.6. The molecule has 4 N–H and O–H groups in total. The molecule has 0 aromatic heterocycles. The van der Waals surface area contributed by atoms with Gasteiger partial charge in [0.1, 0.15) is 6.10 Å². The number of unbranched alkanes of at least 4 members (excludes halogenated alkanes) is 13. The lowest BCUT2D eigenvalue weighted by atomic mass is 9.97. The second-order valence-corrected chi connectivity index (χ2v) is 13.1. The van der Waals surface area contributed by atoms with Crippen LogP contribution in [0.1, 0.15) is 162 Å². The summed E-state index contributed by atoms with van der Waals surface area (Å²) in [5.74, 6) is -0.295. The van der Waals surface area contributed by atoms with Gasteiger partial charge in [-0.3, -0.25) is 0 Å². The summed E-state index contributed by atoms with van der Waals surface area (Å²) >= 11 is 0. The molecule has 0 aromatic carbocycles. The zero-order valence-electron chi connectivity index (χ0n) is 26.9. The van der Waals surface area contributed by atoms with Crippen LogP contribution in [0.15, 0.2) is 11.6 Å². The van der Waals surface area contributed by atoms with Crippen LogP contribution in [0.2, 0.25) is 0 Å². The van der Waals surface area contributed by atoms with Gasteiger partial charge in [-0.1, -0.05) is 103 Å². The molecule has 0 saturated carbocycles. The molecular weight excluding hydrogens is 532 g/mol. The molecule has 2 rings (SSSR count). The summed E-state index contributed by atoms with van der Waals surface area (Å²) in [5.41, 5.74) is 0.600. The summed E-state index contributed by atoms with van der Waals surface area (Å²) in [6.45, 7) is 4.07. The van der Waals surface area contributed by atoms with Gasteiger partial charge >= 0.3 is 5.97 Å². The highest BCUT2D eigenvalue weighted by Gasteiger charge is 2.31. The summed E-state index contributed by atoms with van der Waals surface area (Å²) in [6.07, 6.45) is 22.4. The van der Waals surface area contributed by atoms with Gasteiger partial charge in [-0.15, -0.1) is 0 Å². The second kappa shape index (κ2) is 22.5. The van der Waals surface area contributed by atoms with E-state index in [4.69, 9.17) is 9.47 Å². The van der Waals surface area contributed by atoms with Gasteiger partial charge in [-0.25, -0.2) is 4.79 Å². The standard InChI is InChI=1S/C35H64O7/c1-3-4-5-6-7-8-9-10-14-17-20-31(37)32(38)22-23-33(39)34-24-21-30(42-34)19-16-13-11-12-15-18-29(36)26-28-25-27(2)41-35(28)40/h25,27,29-34,36-39H,3-24,26H2,1-2H3/t27?,29?,30-,31+,32-,33+,34+/m0/s1. The Morgan fingerprint density at radius 2 is 1.31 bits per heavy atom. The lowest BCUT2D eigenvalue weighted by Crippen LogP contribution is -2.31. The van der Waals surface area contributed by atoms with Gasteiger partial charge in [0.25, 0.3) is 0 Å². The minimum atomic E-state index is -0.781. The van der Waals surface area contributed by atoms with E-state index in [0.717, 1.165) is 64.2 Å². The molecule has 7 atom stereocenters. The molecule has 42 heavy (non-hydrogen) atoms. The maximum atomic E-state index is 11.7. The normalized spacial score (nSPS) is 23.5. The van der Waals surface area contributed by atoms with Crippen molar-refractivity contribution in [2.75, 3.05) is 0 Å². The Hall–Kier alpha value is -0.990. The SMILES string of the molecule is CCCCCCCCCCCC[C@@H](O)[C@@H](O)CC[C@@H](O)[C@H]1CC[C@H](CCCCCCCC(O)CC2=CC(C)OC2=O)O1. The molecular formula is C35H64O7. The van der Waals surface area contributed by atoms with Gasteiger partial charge in [-0.05, 0) is 57.9 Å². The minimum absolute atomic E-state index is 0.168. The van der Waals surface area contributed by atoms with E-state index in [1.165, 1.54) is 51.4 Å². The number of carbonyl (C=O) groups is 1. The Kier molecular flexibility index (Phi) is 19.9. The van der Waals surface area contributed by atoms with E-state index in [2.05, 4.69) is 6.92 Å². The molecule has 2 aliphatic heterocycles. The number of ether oxygens (including phenoxy) is 2. The van der Waals surface area contributed by atoms with Crippen molar-refractivity contribution in [2.24, 2.45) is 0 Å². The Balaban J connectivity index is 1.42. The van der Waals surface area contributed by atoms with Gasteiger partial charge in [0.2, 0.25) is 0 Å². The molecule has 7 heteroatoms. The van der Waals surface area contributed by atoms with Gasteiger partial charge in [0.15, 0.2) is 0 Å². The van der Waals surface area contributed by atoms with Gasteiger partial charge < -0.3 is 29.9 Å². The summed E-state index contributed by atoms with van der Waals surface area (Å²) in [5, 5.41) is 41.6. The van der Waals surface area contributed by atoms with E-state index >= 15 is 0 Å². The third-order valence-electron chi connectivity index (χ3n) is 9.14. The van der Waals surface area contributed by atoms with E-state index < -0.39 is 24.4 Å². The quantitative estimate of drug-likeness (QED) is 0.0624. The highest BCUT2D eigenvalue weighted by molar-refractivity contribution is 5.90. The van der Waals surface area contributed by atoms with Crippen LogP contribution in [0.3, 0.4) is 0 Å². The van der Waals surface area contributed by atoms with Gasteiger partial charge in [-0.2, -0.15) is 0 Å². The van der Waals surface area contributed by atoms with E-state index in [-0.39, 0.29) is 24.3 Å². The highest BCUT2D eigenvalue weighted by Crippen LogP contribution is 2.28. The summed E-state index contributed by atoms with van der Waals surface area (Å²) < 4.78 is 11.2. The first-order valence-electron chi connectivity index (χ1n) is 17.6. The Bertz CT molecular complexity index is 726. The van der Waals surface area contributed by atoms with Crippen LogP contribution in [0.25, 0.3) is 0 Å². The van der Waals surface area contributed by atoms with E-state index in [0.29, 0.717) is 37.7 Å². The maximum Gasteiger partial charge on any atom is 0.334 e. The number of hydrogen-bond acceptors (Lipinski definition) is 7. The molecule has 2 heterocycles. The smallest absolute Gasteiger partial charge is 0.334 e. The topological polar surface area (TPSA) is 116 Å². The van der Waals surface area contributed by atoms with Crippen molar-refractivity contribution in [2.45, 2.75) is 204 Å². The molecule has 0 radical (unpaired) electrons. The minimum Gasteiger partial charge on any atom is -0.455 e. The van der Waals surface area contributed by atoms with Crippen LogP contribution >= 0.6 is 0 Å². The van der Waals surface area contributed by atoms with Crippen molar-refractivity contribution < 1.29 is 34.7 Å². The van der Waals surface area contributed by atoms with E-state index in [1.807, 2.05) is 6.92 Å². The zero-order valence-corrected chi connectivity index (χ0v) is 26.9. The molecule has 1 saturated heterocycles. The number of rotatable bonds is 26.